The van der Waals surface area contributed by atoms with Gasteiger partial charge in [0.05, 0.1) is 6.61 Å². The topological polar surface area (TPSA) is 44.8 Å². The number of rotatable bonds is 8. The van der Waals surface area contributed by atoms with Crippen LogP contribution >= 0.6 is 11.6 Å². The molecule has 1 N–H and O–H groups in total. The molecule has 168 valence electrons. The van der Waals surface area contributed by atoms with Crippen molar-refractivity contribution in [3.05, 3.63) is 63.7 Å². The highest BCUT2D eigenvalue weighted by Gasteiger charge is 2.26. The Labute approximate surface area is 191 Å². The lowest BCUT2D eigenvalue weighted by Gasteiger charge is -2.39. The highest BCUT2D eigenvalue weighted by Crippen LogP contribution is 2.31. The first-order valence-corrected chi connectivity index (χ1v) is 11.5. The molecule has 3 rings (SSSR count). The molecule has 1 fully saturated rings. The third kappa shape index (κ3) is 5.79. The van der Waals surface area contributed by atoms with E-state index < -0.39 is 0 Å². The molecule has 0 bridgehead atoms. The van der Waals surface area contributed by atoms with Crippen molar-refractivity contribution in [3.63, 3.8) is 0 Å². The third-order valence-electron chi connectivity index (χ3n) is 6.30. The second-order valence-corrected chi connectivity index (χ2v) is 8.66. The summed E-state index contributed by atoms with van der Waals surface area (Å²) < 4.78 is 5.98. The van der Waals surface area contributed by atoms with Gasteiger partial charge < -0.3 is 15.0 Å². The number of nitrogens with zero attached hydrogens (tertiary/aromatic N) is 2. The molecule has 0 saturated carbocycles. The third-order valence-corrected chi connectivity index (χ3v) is 6.55. The largest absolute Gasteiger partial charge is 0.493 e. The number of nitrogens with one attached hydrogen (secondary N) is 1. The molecular weight excluding hydrogens is 410 g/mol. The van der Waals surface area contributed by atoms with Crippen molar-refractivity contribution in [3.8, 4) is 5.75 Å². The lowest BCUT2D eigenvalue weighted by atomic mass is 9.96. The van der Waals surface area contributed by atoms with Crippen LogP contribution in [0.1, 0.15) is 46.4 Å². The highest BCUT2D eigenvalue weighted by molar-refractivity contribution is 6.30. The summed E-state index contributed by atoms with van der Waals surface area (Å²) in [7, 11) is 1.96. The van der Waals surface area contributed by atoms with Gasteiger partial charge in [-0.2, -0.15) is 0 Å². The van der Waals surface area contributed by atoms with Gasteiger partial charge in [-0.15, -0.1) is 0 Å². The molecule has 0 aliphatic carbocycles. The first kappa shape index (κ1) is 23.6. The summed E-state index contributed by atoms with van der Waals surface area (Å²) in [5, 5.41) is 3.79. The van der Waals surface area contributed by atoms with Crippen molar-refractivity contribution >= 4 is 17.5 Å². The number of hydrogen-bond donors (Lipinski definition) is 1. The standard InChI is InChI=1S/C25H34ClN3O2/c1-18-19(2)24(31-17-5-12-27-4)11-10-23(18)20(3)28-13-15-29(16-14-28)25(30)21-6-8-22(26)9-7-21/h6-11,20,27H,5,12-17H2,1-4H3/t20-/m1/s1. The van der Waals surface area contributed by atoms with Crippen molar-refractivity contribution in [2.24, 2.45) is 0 Å². The summed E-state index contributed by atoms with van der Waals surface area (Å²) >= 11 is 5.94. The molecule has 0 radical (unpaired) electrons. The Bertz CT molecular complexity index is 877. The average Bonchev–Trinajstić information content (AvgIpc) is 2.79. The van der Waals surface area contributed by atoms with E-state index in [0.29, 0.717) is 16.6 Å². The molecule has 0 spiro atoms. The minimum Gasteiger partial charge on any atom is -0.493 e. The smallest absolute Gasteiger partial charge is 0.253 e. The van der Waals surface area contributed by atoms with Gasteiger partial charge in [-0.3, -0.25) is 9.69 Å². The van der Waals surface area contributed by atoms with Crippen LogP contribution in [0.25, 0.3) is 0 Å². The van der Waals surface area contributed by atoms with Crippen LogP contribution in [0.15, 0.2) is 36.4 Å². The lowest BCUT2D eigenvalue weighted by Crippen LogP contribution is -2.49. The summed E-state index contributed by atoms with van der Waals surface area (Å²) in [6.07, 6.45) is 0.992. The van der Waals surface area contributed by atoms with E-state index in [1.54, 1.807) is 24.3 Å². The Kier molecular flexibility index (Phi) is 8.35. The Balaban J connectivity index is 1.60. The monoisotopic (exact) mass is 443 g/mol. The minimum absolute atomic E-state index is 0.0794. The zero-order valence-electron chi connectivity index (χ0n) is 19.1. The molecule has 5 nitrogen and oxygen atoms in total. The van der Waals surface area contributed by atoms with Gasteiger partial charge >= 0.3 is 0 Å². The van der Waals surface area contributed by atoms with E-state index in [2.05, 4.69) is 43.1 Å². The molecule has 1 aliphatic heterocycles. The number of ether oxygens (including phenoxy) is 1. The molecular formula is C25H34ClN3O2. The van der Waals surface area contributed by atoms with Crippen LogP contribution < -0.4 is 10.1 Å². The zero-order valence-corrected chi connectivity index (χ0v) is 19.8. The summed E-state index contributed by atoms with van der Waals surface area (Å²) in [6, 6.07) is 11.7. The van der Waals surface area contributed by atoms with Gasteiger partial charge in [0.2, 0.25) is 0 Å². The fourth-order valence-corrected chi connectivity index (χ4v) is 4.27. The highest BCUT2D eigenvalue weighted by atomic mass is 35.5. The first-order chi connectivity index (χ1) is 14.9. The number of amides is 1. The van der Waals surface area contributed by atoms with Crippen molar-refractivity contribution in [1.29, 1.82) is 0 Å². The van der Waals surface area contributed by atoms with Gasteiger partial charge in [0.15, 0.2) is 0 Å². The SMILES string of the molecule is CNCCCOc1ccc([C@@H](C)N2CCN(C(=O)c3ccc(Cl)cc3)CC2)c(C)c1C. The molecule has 0 unspecified atom stereocenters. The molecule has 1 saturated heterocycles. The van der Waals surface area contributed by atoms with Crippen LogP contribution in [0, 0.1) is 13.8 Å². The van der Waals surface area contributed by atoms with E-state index in [4.69, 9.17) is 16.3 Å². The van der Waals surface area contributed by atoms with Gasteiger partial charge in [-0.25, -0.2) is 0 Å². The molecule has 2 aromatic carbocycles. The van der Waals surface area contributed by atoms with Gasteiger partial charge in [-0.05, 0) is 87.8 Å². The number of benzene rings is 2. The predicted molar refractivity (Wildman–Crippen MR) is 127 cm³/mol. The second kappa shape index (κ2) is 11.0. The summed E-state index contributed by atoms with van der Waals surface area (Å²) in [5.74, 6) is 1.05. The van der Waals surface area contributed by atoms with Crippen molar-refractivity contribution in [1.82, 2.24) is 15.1 Å². The molecule has 2 aromatic rings. The van der Waals surface area contributed by atoms with Gasteiger partial charge in [0.1, 0.15) is 5.75 Å². The van der Waals surface area contributed by atoms with E-state index in [1.807, 2.05) is 11.9 Å². The van der Waals surface area contributed by atoms with Crippen LogP contribution in [0.5, 0.6) is 5.75 Å². The fourth-order valence-electron chi connectivity index (χ4n) is 4.14. The average molecular weight is 444 g/mol. The Hall–Kier alpha value is -2.08. The maximum Gasteiger partial charge on any atom is 0.253 e. The van der Waals surface area contributed by atoms with Crippen LogP contribution in [-0.4, -0.2) is 62.1 Å². The first-order valence-electron chi connectivity index (χ1n) is 11.1. The fraction of sp³-hybridized carbons (Fsp3) is 0.480. The molecule has 1 atom stereocenters. The molecule has 0 aromatic heterocycles. The Morgan fingerprint density at radius 1 is 1.06 bits per heavy atom. The van der Waals surface area contributed by atoms with Crippen LogP contribution in [0.4, 0.5) is 0 Å². The Morgan fingerprint density at radius 2 is 1.74 bits per heavy atom. The zero-order chi connectivity index (χ0) is 22.4. The molecule has 1 amide bonds. The van der Waals surface area contributed by atoms with Crippen molar-refractivity contribution in [2.45, 2.75) is 33.2 Å². The van der Waals surface area contributed by atoms with Gasteiger partial charge in [0, 0.05) is 42.8 Å². The van der Waals surface area contributed by atoms with Crippen molar-refractivity contribution in [2.75, 3.05) is 46.4 Å². The van der Waals surface area contributed by atoms with Crippen LogP contribution in [-0.2, 0) is 0 Å². The van der Waals surface area contributed by atoms with Crippen LogP contribution in [0.3, 0.4) is 0 Å². The molecule has 31 heavy (non-hydrogen) atoms. The predicted octanol–water partition coefficient (Wildman–Crippen LogP) is 4.46. The quantitative estimate of drug-likeness (QED) is 0.611. The van der Waals surface area contributed by atoms with E-state index >= 15 is 0 Å². The molecule has 6 heteroatoms. The number of carbonyl (C=O) groups excluding carboxylic acids is 1. The number of hydrogen-bond acceptors (Lipinski definition) is 4. The van der Waals surface area contributed by atoms with Crippen LogP contribution in [0.2, 0.25) is 5.02 Å². The number of carbonyl (C=O) groups is 1. The number of piperazine rings is 1. The summed E-state index contributed by atoms with van der Waals surface area (Å²) in [6.45, 7) is 11.4. The number of halogens is 1. The normalized spacial score (nSPS) is 15.7. The van der Waals surface area contributed by atoms with E-state index in [0.717, 1.165) is 51.5 Å². The van der Waals surface area contributed by atoms with E-state index in [-0.39, 0.29) is 5.91 Å². The molecule has 1 aliphatic rings. The minimum atomic E-state index is 0.0794. The van der Waals surface area contributed by atoms with Crippen molar-refractivity contribution < 1.29 is 9.53 Å². The second-order valence-electron chi connectivity index (χ2n) is 8.22. The lowest BCUT2D eigenvalue weighted by molar-refractivity contribution is 0.0581. The summed E-state index contributed by atoms with van der Waals surface area (Å²) in [5.41, 5.74) is 4.53. The van der Waals surface area contributed by atoms with Gasteiger partial charge in [-0.1, -0.05) is 17.7 Å². The van der Waals surface area contributed by atoms with E-state index in [1.165, 1.54) is 16.7 Å². The molecule has 1 heterocycles. The van der Waals surface area contributed by atoms with Gasteiger partial charge in [0.25, 0.3) is 5.91 Å². The maximum atomic E-state index is 12.8. The maximum absolute atomic E-state index is 12.8. The van der Waals surface area contributed by atoms with E-state index in [9.17, 15) is 4.79 Å². The summed E-state index contributed by atoms with van der Waals surface area (Å²) in [4.78, 5) is 17.2. The Morgan fingerprint density at radius 3 is 2.39 bits per heavy atom.